The molecular weight excluding hydrogens is 490 g/mol. The summed E-state index contributed by atoms with van der Waals surface area (Å²) in [5, 5.41) is 3.48. The Morgan fingerprint density at radius 1 is 1.17 bits per heavy atom. The number of carbonyl (C=O) groups excluding carboxylic acids is 2. The second-order valence-electron chi connectivity index (χ2n) is 8.48. The van der Waals surface area contributed by atoms with E-state index in [1.165, 1.54) is 0 Å². The largest absolute Gasteiger partial charge is 0.342 e. The lowest BCUT2D eigenvalue weighted by Gasteiger charge is -2.19. The average molecular weight is 516 g/mol. The topological polar surface area (TPSA) is 124 Å². The molecule has 3 N–H and O–H groups in total. The molecule has 1 aliphatic heterocycles. The molecule has 184 valence electrons. The Bertz CT molecular complexity index is 1410. The number of benzene rings is 2. The van der Waals surface area contributed by atoms with E-state index in [1.54, 1.807) is 48.2 Å². The normalized spacial score (nSPS) is 14.4. The quantitative estimate of drug-likeness (QED) is 0.398. The zero-order valence-electron chi connectivity index (χ0n) is 19.3. The van der Waals surface area contributed by atoms with Crippen molar-refractivity contribution in [2.75, 3.05) is 25.9 Å². The number of hydrogen-bond donors (Lipinski definition) is 3. The number of fused-ring (bicyclic) bond motifs is 1. The van der Waals surface area contributed by atoms with E-state index in [0.29, 0.717) is 51.7 Å². The maximum Gasteiger partial charge on any atom is 0.254 e. The van der Waals surface area contributed by atoms with Crippen LogP contribution in [0.2, 0.25) is 5.02 Å². The van der Waals surface area contributed by atoms with Gasteiger partial charge in [-0.15, -0.1) is 0 Å². The summed E-state index contributed by atoms with van der Waals surface area (Å²) >= 11 is 6.07. The molecule has 0 unspecified atom stereocenters. The number of sulfonamides is 1. The first-order valence-corrected chi connectivity index (χ1v) is 13.3. The predicted octanol–water partition coefficient (Wildman–Crippen LogP) is 2.95. The summed E-state index contributed by atoms with van der Waals surface area (Å²) in [4.78, 5) is 35.3. The molecule has 0 bridgehead atoms. The van der Waals surface area contributed by atoms with E-state index in [1.807, 2.05) is 12.2 Å². The van der Waals surface area contributed by atoms with Crippen LogP contribution in [0, 0.1) is 6.92 Å². The first-order valence-electron chi connectivity index (χ1n) is 11.1. The van der Waals surface area contributed by atoms with Crippen LogP contribution < -0.4 is 10.0 Å². The van der Waals surface area contributed by atoms with Gasteiger partial charge in [0.1, 0.15) is 5.82 Å². The van der Waals surface area contributed by atoms with Crippen molar-refractivity contribution < 1.29 is 18.0 Å². The smallest absolute Gasteiger partial charge is 0.254 e. The highest BCUT2D eigenvalue weighted by Gasteiger charge is 2.22. The van der Waals surface area contributed by atoms with Gasteiger partial charge in [-0.2, -0.15) is 0 Å². The number of amides is 2. The Kier molecular flexibility index (Phi) is 7.25. The molecular formula is C24H26ClN5O4S. The summed E-state index contributed by atoms with van der Waals surface area (Å²) in [5.74, 6) is 0.0406. The lowest BCUT2D eigenvalue weighted by atomic mass is 10.0. The van der Waals surface area contributed by atoms with Crippen LogP contribution in [0.1, 0.15) is 44.6 Å². The minimum absolute atomic E-state index is 0.0786. The number of imidazole rings is 1. The van der Waals surface area contributed by atoms with Gasteiger partial charge in [0.05, 0.1) is 23.3 Å². The molecule has 2 amide bonds. The van der Waals surface area contributed by atoms with Crippen LogP contribution >= 0.6 is 11.6 Å². The second-order valence-corrected chi connectivity index (χ2v) is 10.7. The molecule has 1 atom stereocenters. The molecule has 11 heteroatoms. The number of nitrogens with zero attached hydrogens (tertiary/aromatic N) is 2. The molecule has 2 aromatic carbocycles. The van der Waals surface area contributed by atoms with Gasteiger partial charge in [-0.3, -0.25) is 9.59 Å². The van der Waals surface area contributed by atoms with Crippen molar-refractivity contribution in [1.29, 1.82) is 0 Å². The Balaban J connectivity index is 1.55. The monoisotopic (exact) mass is 515 g/mol. The highest BCUT2D eigenvalue weighted by Crippen LogP contribution is 2.22. The van der Waals surface area contributed by atoms with Crippen LogP contribution in [0.15, 0.2) is 48.6 Å². The fourth-order valence-electron chi connectivity index (χ4n) is 3.93. The van der Waals surface area contributed by atoms with Crippen molar-refractivity contribution in [1.82, 2.24) is 24.9 Å². The minimum Gasteiger partial charge on any atom is -0.342 e. The van der Waals surface area contributed by atoms with E-state index in [-0.39, 0.29) is 24.8 Å². The number of carbonyl (C=O) groups is 2. The van der Waals surface area contributed by atoms with Gasteiger partial charge in [0, 0.05) is 35.8 Å². The molecule has 0 fully saturated rings. The second kappa shape index (κ2) is 10.2. The van der Waals surface area contributed by atoms with Crippen LogP contribution in [0.25, 0.3) is 11.0 Å². The summed E-state index contributed by atoms with van der Waals surface area (Å²) in [6.45, 7) is 3.06. The molecule has 2 heterocycles. The van der Waals surface area contributed by atoms with Crippen LogP contribution in [0.3, 0.4) is 0 Å². The van der Waals surface area contributed by atoms with Crippen LogP contribution in [-0.4, -0.2) is 61.0 Å². The highest BCUT2D eigenvalue weighted by molar-refractivity contribution is 7.88. The van der Waals surface area contributed by atoms with Crippen molar-refractivity contribution in [2.45, 2.75) is 19.4 Å². The molecule has 0 radical (unpaired) electrons. The number of rotatable bonds is 8. The molecule has 0 aliphatic carbocycles. The van der Waals surface area contributed by atoms with Crippen molar-refractivity contribution in [2.24, 2.45) is 0 Å². The zero-order chi connectivity index (χ0) is 25.2. The molecule has 9 nitrogen and oxygen atoms in total. The van der Waals surface area contributed by atoms with Gasteiger partial charge in [-0.1, -0.05) is 23.8 Å². The molecule has 0 spiro atoms. The Hall–Kier alpha value is -3.21. The van der Waals surface area contributed by atoms with Crippen LogP contribution in [0.4, 0.5) is 0 Å². The highest BCUT2D eigenvalue weighted by atomic mass is 35.5. The molecule has 0 saturated heterocycles. The predicted molar refractivity (Wildman–Crippen MR) is 135 cm³/mol. The number of hydrogen-bond acceptors (Lipinski definition) is 5. The lowest BCUT2D eigenvalue weighted by Crippen LogP contribution is -2.33. The fourth-order valence-corrected chi connectivity index (χ4v) is 4.59. The Labute approximate surface area is 208 Å². The SMILES string of the molecule is Cc1cc(C(=O)N[C@@H](CCNS(C)(=O)=O)c2nc3ccc(Cl)cc3[nH]2)ccc1C(=O)N1CC=CC1. The number of halogens is 1. The Morgan fingerprint density at radius 2 is 1.91 bits per heavy atom. The number of aromatic nitrogens is 2. The lowest BCUT2D eigenvalue weighted by molar-refractivity contribution is 0.0798. The van der Waals surface area contributed by atoms with E-state index in [0.717, 1.165) is 6.26 Å². The zero-order valence-corrected chi connectivity index (χ0v) is 20.9. The van der Waals surface area contributed by atoms with Crippen LogP contribution in [-0.2, 0) is 10.0 Å². The average Bonchev–Trinajstić information content (AvgIpc) is 3.47. The first-order chi connectivity index (χ1) is 16.6. The van der Waals surface area contributed by atoms with Gasteiger partial charge in [-0.25, -0.2) is 18.1 Å². The standard InChI is InChI=1S/C24H26ClN5O4S/c1-15-13-16(5-7-18(15)24(32)30-11-3-4-12-30)23(31)29-20(9-10-26-35(2,33)34)22-27-19-8-6-17(25)14-21(19)28-22/h3-8,13-14,20,26H,9-12H2,1-2H3,(H,27,28)(H,29,31)/t20-/m0/s1. The van der Waals surface area contributed by atoms with Gasteiger partial charge in [0.2, 0.25) is 10.0 Å². The molecule has 0 saturated carbocycles. The summed E-state index contributed by atoms with van der Waals surface area (Å²) < 4.78 is 25.5. The van der Waals surface area contributed by atoms with Gasteiger partial charge < -0.3 is 15.2 Å². The molecule has 35 heavy (non-hydrogen) atoms. The van der Waals surface area contributed by atoms with E-state index in [4.69, 9.17) is 11.6 Å². The van der Waals surface area contributed by atoms with E-state index in [9.17, 15) is 18.0 Å². The summed E-state index contributed by atoms with van der Waals surface area (Å²) in [6, 6.07) is 9.57. The van der Waals surface area contributed by atoms with Gasteiger partial charge >= 0.3 is 0 Å². The molecule has 1 aromatic heterocycles. The maximum absolute atomic E-state index is 13.1. The molecule has 1 aliphatic rings. The van der Waals surface area contributed by atoms with E-state index in [2.05, 4.69) is 20.0 Å². The van der Waals surface area contributed by atoms with Crippen LogP contribution in [0.5, 0.6) is 0 Å². The maximum atomic E-state index is 13.1. The summed E-state index contributed by atoms with van der Waals surface area (Å²) in [6.07, 6.45) is 5.23. The third-order valence-corrected chi connectivity index (χ3v) is 6.68. The van der Waals surface area contributed by atoms with E-state index >= 15 is 0 Å². The van der Waals surface area contributed by atoms with Crippen molar-refractivity contribution in [3.05, 3.63) is 76.1 Å². The summed E-state index contributed by atoms with van der Waals surface area (Å²) in [5.41, 5.74) is 3.02. The first kappa shape index (κ1) is 24.9. The molecule has 3 aromatic rings. The van der Waals surface area contributed by atoms with Gasteiger partial charge in [0.15, 0.2) is 0 Å². The third kappa shape index (κ3) is 6.08. The van der Waals surface area contributed by atoms with Crippen molar-refractivity contribution >= 4 is 44.5 Å². The van der Waals surface area contributed by atoms with Crippen molar-refractivity contribution in [3.8, 4) is 0 Å². The van der Waals surface area contributed by atoms with Gasteiger partial charge in [0.25, 0.3) is 11.8 Å². The fraction of sp³-hybridized carbons (Fsp3) is 0.292. The molecule has 4 rings (SSSR count). The number of H-pyrrole nitrogens is 1. The number of nitrogens with one attached hydrogen (secondary N) is 3. The number of aryl methyl sites for hydroxylation is 1. The Morgan fingerprint density at radius 3 is 2.60 bits per heavy atom. The van der Waals surface area contributed by atoms with E-state index < -0.39 is 16.1 Å². The summed E-state index contributed by atoms with van der Waals surface area (Å²) in [7, 11) is -3.39. The van der Waals surface area contributed by atoms with Crippen molar-refractivity contribution in [3.63, 3.8) is 0 Å². The minimum atomic E-state index is -3.39. The number of aromatic amines is 1. The van der Waals surface area contributed by atoms with Gasteiger partial charge in [-0.05, 0) is 55.3 Å². The third-order valence-electron chi connectivity index (χ3n) is 5.72.